The molecule has 0 radical (unpaired) electrons. The van der Waals surface area contributed by atoms with Crippen molar-refractivity contribution in [2.24, 2.45) is 11.0 Å². The standard InChI is InChI=1S/C27H46N4O15/c1-4-42-25(39)15(7-5-6-10-29-31-28)30-18(34)13-43-24-21(38)23(17(12-33)45-27(24)41-3)46-26-14(8-9-19(35)36)20(37)22(40-2)16(11-32)44-26/h14-17,20-24,26-27,32-33,37-38H,4-13H2,1-3H3,(H,30,34)(H,35,36)/t14?,15-,16?,17?,20+,21-,22+,23+,24?,26-,27+/m0/s1. The number of rotatable bonds is 20. The molecular formula is C27H46N4O15. The van der Waals surface area contributed by atoms with Gasteiger partial charge in [0.15, 0.2) is 12.6 Å². The Bertz CT molecular complexity index is 1000. The van der Waals surface area contributed by atoms with Gasteiger partial charge in [0, 0.05) is 38.0 Å². The SMILES string of the molecule is CCOC(=O)[C@H](CCCCN=[N+]=[N-])NC(=O)COC1[C@H](OC)OC(CO)[C@@H](O[C@@H]2OC(CO)[C@@H](OC)[C@H](O)C2CCC(=O)O)[C@@H]1O. The second kappa shape index (κ2) is 20.5. The summed E-state index contributed by atoms with van der Waals surface area (Å²) in [6.45, 7) is -0.00628. The molecule has 6 N–H and O–H groups in total. The molecule has 0 spiro atoms. The number of azide groups is 1. The van der Waals surface area contributed by atoms with E-state index in [1.165, 1.54) is 14.2 Å². The summed E-state index contributed by atoms with van der Waals surface area (Å²) in [6, 6.07) is -1.02. The molecule has 264 valence electrons. The highest BCUT2D eigenvalue weighted by Crippen LogP contribution is 2.35. The molecule has 2 aliphatic rings. The third-order valence-corrected chi connectivity index (χ3v) is 7.64. The summed E-state index contributed by atoms with van der Waals surface area (Å²) < 4.78 is 38.8. The minimum Gasteiger partial charge on any atom is -0.481 e. The Labute approximate surface area is 265 Å². The van der Waals surface area contributed by atoms with Crippen LogP contribution in [0, 0.1) is 5.92 Å². The molecule has 2 rings (SSSR count). The Morgan fingerprint density at radius 1 is 0.978 bits per heavy atom. The summed E-state index contributed by atoms with van der Waals surface area (Å²) in [5.74, 6) is -3.54. The Morgan fingerprint density at radius 3 is 2.24 bits per heavy atom. The molecule has 2 heterocycles. The van der Waals surface area contributed by atoms with Gasteiger partial charge >= 0.3 is 11.9 Å². The number of carbonyl (C=O) groups excluding carboxylic acids is 2. The van der Waals surface area contributed by atoms with Crippen LogP contribution in [0.3, 0.4) is 0 Å². The molecule has 0 aliphatic carbocycles. The molecule has 19 heteroatoms. The van der Waals surface area contributed by atoms with Gasteiger partial charge in [-0.15, -0.1) is 0 Å². The van der Waals surface area contributed by atoms with Crippen molar-refractivity contribution in [2.75, 3.05) is 47.2 Å². The number of aliphatic carboxylic acids is 1. The first kappa shape index (κ1) is 39.5. The fraction of sp³-hybridized carbons (Fsp3) is 0.889. The van der Waals surface area contributed by atoms with Crippen LogP contribution in [0.2, 0.25) is 0 Å². The quantitative estimate of drug-likeness (QED) is 0.0286. The number of carbonyl (C=O) groups is 3. The number of hydrogen-bond acceptors (Lipinski definition) is 15. The molecule has 11 atom stereocenters. The van der Waals surface area contributed by atoms with E-state index in [1.54, 1.807) is 6.92 Å². The molecule has 2 aliphatic heterocycles. The number of hydrogen-bond donors (Lipinski definition) is 6. The van der Waals surface area contributed by atoms with Crippen LogP contribution in [-0.2, 0) is 47.5 Å². The summed E-state index contributed by atoms with van der Waals surface area (Å²) in [7, 11) is 2.54. The maximum atomic E-state index is 12.8. The zero-order valence-corrected chi connectivity index (χ0v) is 26.1. The molecule has 0 aromatic rings. The van der Waals surface area contributed by atoms with Crippen molar-refractivity contribution < 1.29 is 73.1 Å². The van der Waals surface area contributed by atoms with Gasteiger partial charge in [0.25, 0.3) is 0 Å². The molecular weight excluding hydrogens is 620 g/mol. The van der Waals surface area contributed by atoms with Crippen molar-refractivity contribution in [3.05, 3.63) is 10.4 Å². The van der Waals surface area contributed by atoms with Gasteiger partial charge in [0.05, 0.1) is 25.9 Å². The average molecular weight is 667 g/mol. The summed E-state index contributed by atoms with van der Waals surface area (Å²) >= 11 is 0. The predicted molar refractivity (Wildman–Crippen MR) is 153 cm³/mol. The third-order valence-electron chi connectivity index (χ3n) is 7.64. The molecule has 1 amide bonds. The fourth-order valence-electron chi connectivity index (χ4n) is 5.35. The van der Waals surface area contributed by atoms with Crippen molar-refractivity contribution in [1.29, 1.82) is 0 Å². The smallest absolute Gasteiger partial charge is 0.328 e. The zero-order chi connectivity index (χ0) is 34.2. The number of nitrogens with zero attached hydrogens (tertiary/aromatic N) is 3. The minimum absolute atomic E-state index is 0.0824. The molecule has 46 heavy (non-hydrogen) atoms. The normalized spacial score (nSPS) is 31.8. The Morgan fingerprint density at radius 2 is 1.65 bits per heavy atom. The molecule has 0 aromatic carbocycles. The van der Waals surface area contributed by atoms with Gasteiger partial charge in [-0.3, -0.25) is 9.59 Å². The van der Waals surface area contributed by atoms with Gasteiger partial charge in [-0.1, -0.05) is 11.5 Å². The number of carboxylic acids is 1. The third kappa shape index (κ3) is 11.2. The van der Waals surface area contributed by atoms with E-state index in [0.717, 1.165) is 0 Å². The first-order chi connectivity index (χ1) is 22.1. The van der Waals surface area contributed by atoms with Gasteiger partial charge < -0.3 is 64.0 Å². The van der Waals surface area contributed by atoms with Gasteiger partial charge in [-0.2, -0.15) is 0 Å². The number of carboxylic acid groups (broad SMARTS) is 1. The highest BCUT2D eigenvalue weighted by atomic mass is 16.7. The second-order valence-electron chi connectivity index (χ2n) is 10.7. The Balaban J connectivity index is 2.18. The van der Waals surface area contributed by atoms with Gasteiger partial charge in [0.1, 0.15) is 49.3 Å². The number of ether oxygens (including phenoxy) is 7. The van der Waals surface area contributed by atoms with E-state index in [2.05, 4.69) is 15.3 Å². The summed E-state index contributed by atoms with van der Waals surface area (Å²) in [5, 5.41) is 57.4. The molecule has 4 unspecified atom stereocenters. The summed E-state index contributed by atoms with van der Waals surface area (Å²) in [6.07, 6.45) is -11.1. The molecule has 0 aromatic heterocycles. The molecule has 0 saturated carbocycles. The number of esters is 1. The number of aliphatic hydroxyl groups excluding tert-OH is 4. The van der Waals surface area contributed by atoms with Crippen LogP contribution in [-0.4, -0.2) is 152 Å². The van der Waals surface area contributed by atoms with Crippen molar-refractivity contribution in [3.63, 3.8) is 0 Å². The lowest BCUT2D eigenvalue weighted by molar-refractivity contribution is -0.355. The monoisotopic (exact) mass is 666 g/mol. The van der Waals surface area contributed by atoms with Crippen molar-refractivity contribution in [2.45, 2.75) is 100 Å². The number of methoxy groups -OCH3 is 2. The Kier molecular flexibility index (Phi) is 17.6. The molecule has 0 bridgehead atoms. The number of unbranched alkanes of at least 4 members (excludes halogenated alkanes) is 1. The maximum absolute atomic E-state index is 12.8. The fourth-order valence-corrected chi connectivity index (χ4v) is 5.35. The van der Waals surface area contributed by atoms with E-state index in [-0.39, 0.29) is 32.4 Å². The first-order valence-electron chi connectivity index (χ1n) is 15.0. The van der Waals surface area contributed by atoms with Crippen LogP contribution in [0.5, 0.6) is 0 Å². The van der Waals surface area contributed by atoms with Gasteiger partial charge in [-0.05, 0) is 31.7 Å². The molecule has 2 saturated heterocycles. The lowest BCUT2D eigenvalue weighted by atomic mass is 9.87. The topological polar surface area (TPSA) is 278 Å². The van der Waals surface area contributed by atoms with Gasteiger partial charge in [-0.25, -0.2) is 4.79 Å². The lowest BCUT2D eigenvalue weighted by Crippen LogP contribution is -2.64. The highest BCUT2D eigenvalue weighted by Gasteiger charge is 2.52. The minimum atomic E-state index is -1.63. The van der Waals surface area contributed by atoms with Crippen LogP contribution < -0.4 is 5.32 Å². The predicted octanol–water partition coefficient (Wildman–Crippen LogP) is -1.42. The number of amides is 1. The van der Waals surface area contributed by atoms with Crippen molar-refractivity contribution in [1.82, 2.24) is 5.32 Å². The highest BCUT2D eigenvalue weighted by molar-refractivity contribution is 5.85. The first-order valence-corrected chi connectivity index (χ1v) is 15.0. The number of nitrogens with one attached hydrogen (secondary N) is 1. The van der Waals surface area contributed by atoms with E-state index in [4.69, 9.17) is 38.7 Å². The summed E-state index contributed by atoms with van der Waals surface area (Å²) in [4.78, 5) is 39.2. The van der Waals surface area contributed by atoms with Crippen LogP contribution in [0.15, 0.2) is 5.11 Å². The second-order valence-corrected chi connectivity index (χ2v) is 10.7. The van der Waals surface area contributed by atoms with Crippen LogP contribution >= 0.6 is 0 Å². The van der Waals surface area contributed by atoms with Crippen LogP contribution in [0.1, 0.15) is 39.0 Å². The lowest BCUT2D eigenvalue weighted by Gasteiger charge is -2.48. The van der Waals surface area contributed by atoms with Gasteiger partial charge in [0.2, 0.25) is 5.91 Å². The maximum Gasteiger partial charge on any atom is 0.328 e. The Hall–Kier alpha value is -2.68. The van der Waals surface area contributed by atoms with Crippen LogP contribution in [0.4, 0.5) is 0 Å². The van der Waals surface area contributed by atoms with E-state index < -0.39 is 105 Å². The van der Waals surface area contributed by atoms with E-state index in [9.17, 15) is 39.9 Å². The van der Waals surface area contributed by atoms with E-state index in [1.807, 2.05) is 0 Å². The van der Waals surface area contributed by atoms with Crippen LogP contribution in [0.25, 0.3) is 10.4 Å². The van der Waals surface area contributed by atoms with Crippen molar-refractivity contribution in [3.8, 4) is 0 Å². The molecule has 19 nitrogen and oxygen atoms in total. The molecule has 2 fully saturated rings. The zero-order valence-electron chi connectivity index (χ0n) is 26.1. The average Bonchev–Trinajstić information content (AvgIpc) is 3.03. The number of aliphatic hydroxyl groups is 4. The van der Waals surface area contributed by atoms with Crippen molar-refractivity contribution >= 4 is 17.8 Å². The summed E-state index contributed by atoms with van der Waals surface area (Å²) in [5.41, 5.74) is 8.41. The van der Waals surface area contributed by atoms with E-state index in [0.29, 0.717) is 12.8 Å². The van der Waals surface area contributed by atoms with E-state index >= 15 is 0 Å². The largest absolute Gasteiger partial charge is 0.481 e.